The predicted octanol–water partition coefficient (Wildman–Crippen LogP) is 3.60. The second-order valence-corrected chi connectivity index (χ2v) is 6.55. The van der Waals surface area contributed by atoms with Crippen LogP contribution in [0.25, 0.3) is 0 Å². The van der Waals surface area contributed by atoms with Crippen molar-refractivity contribution in [1.82, 2.24) is 9.97 Å². The molecule has 0 atom stereocenters. The van der Waals surface area contributed by atoms with Crippen molar-refractivity contribution in [1.29, 1.82) is 0 Å². The van der Waals surface area contributed by atoms with Crippen molar-refractivity contribution in [2.75, 3.05) is 18.0 Å². The SMILES string of the molecule is Cc1cc(C)nc(N2CCC(O)(c3cccc(C(F)(F)F)c3)CC2)n1. The lowest BCUT2D eigenvalue weighted by Gasteiger charge is -2.38. The molecule has 1 aromatic carbocycles. The summed E-state index contributed by atoms with van der Waals surface area (Å²) in [6.07, 6.45) is -3.77. The molecule has 25 heavy (non-hydrogen) atoms. The lowest BCUT2D eigenvalue weighted by Crippen LogP contribution is -2.43. The van der Waals surface area contributed by atoms with Crippen LogP contribution in [0.1, 0.15) is 35.4 Å². The van der Waals surface area contributed by atoms with Gasteiger partial charge in [-0.05, 0) is 50.5 Å². The Morgan fingerprint density at radius 2 is 1.64 bits per heavy atom. The molecule has 1 fully saturated rings. The van der Waals surface area contributed by atoms with Gasteiger partial charge in [0.15, 0.2) is 0 Å². The van der Waals surface area contributed by atoms with E-state index in [1.165, 1.54) is 6.07 Å². The van der Waals surface area contributed by atoms with Crippen LogP contribution in [0.3, 0.4) is 0 Å². The maximum atomic E-state index is 12.9. The molecular formula is C18H20F3N3O. The summed E-state index contributed by atoms with van der Waals surface area (Å²) in [4.78, 5) is 10.8. The molecule has 2 aromatic rings. The fraction of sp³-hybridized carbons (Fsp3) is 0.444. The molecule has 0 radical (unpaired) electrons. The Balaban J connectivity index is 1.78. The van der Waals surface area contributed by atoms with Crippen LogP contribution in [0.5, 0.6) is 0 Å². The second-order valence-electron chi connectivity index (χ2n) is 6.55. The molecule has 0 saturated carbocycles. The minimum atomic E-state index is -4.42. The molecule has 0 bridgehead atoms. The van der Waals surface area contributed by atoms with E-state index in [0.29, 0.717) is 37.4 Å². The molecule has 1 N–H and O–H groups in total. The van der Waals surface area contributed by atoms with Crippen molar-refractivity contribution in [3.8, 4) is 0 Å². The summed E-state index contributed by atoms with van der Waals surface area (Å²) in [5.74, 6) is 0.601. The number of aliphatic hydroxyl groups is 1. The summed E-state index contributed by atoms with van der Waals surface area (Å²) in [5.41, 5.74) is 0.0284. The van der Waals surface area contributed by atoms with Gasteiger partial charge in [-0.25, -0.2) is 9.97 Å². The van der Waals surface area contributed by atoms with Gasteiger partial charge in [0.25, 0.3) is 0 Å². The van der Waals surface area contributed by atoms with Crippen LogP contribution < -0.4 is 4.90 Å². The number of anilines is 1. The molecule has 7 heteroatoms. The van der Waals surface area contributed by atoms with Crippen LogP contribution in [0, 0.1) is 13.8 Å². The molecule has 3 rings (SSSR count). The van der Waals surface area contributed by atoms with E-state index >= 15 is 0 Å². The maximum Gasteiger partial charge on any atom is 0.416 e. The van der Waals surface area contributed by atoms with Crippen molar-refractivity contribution >= 4 is 5.95 Å². The van der Waals surface area contributed by atoms with Gasteiger partial charge in [0.1, 0.15) is 0 Å². The van der Waals surface area contributed by atoms with Gasteiger partial charge in [0.2, 0.25) is 5.95 Å². The van der Waals surface area contributed by atoms with Gasteiger partial charge < -0.3 is 10.0 Å². The Hall–Kier alpha value is -2.15. The lowest BCUT2D eigenvalue weighted by molar-refractivity contribution is -0.137. The summed E-state index contributed by atoms with van der Waals surface area (Å²) >= 11 is 0. The van der Waals surface area contributed by atoms with Crippen molar-refractivity contribution in [2.45, 2.75) is 38.5 Å². The molecule has 2 heterocycles. The standard InChI is InChI=1S/C18H20F3N3O/c1-12-10-13(2)23-16(22-12)24-8-6-17(25,7-9-24)14-4-3-5-15(11-14)18(19,20)21/h3-5,10-11,25H,6-9H2,1-2H3. The molecule has 4 nitrogen and oxygen atoms in total. The molecule has 1 aliphatic rings. The molecule has 0 amide bonds. The highest BCUT2D eigenvalue weighted by Crippen LogP contribution is 2.37. The average Bonchev–Trinajstić information content (AvgIpc) is 2.54. The van der Waals surface area contributed by atoms with E-state index in [1.54, 1.807) is 6.07 Å². The molecule has 0 unspecified atom stereocenters. The first-order valence-corrected chi connectivity index (χ1v) is 8.15. The van der Waals surface area contributed by atoms with Gasteiger partial charge in [0, 0.05) is 24.5 Å². The number of piperidine rings is 1. The number of hydrogen-bond acceptors (Lipinski definition) is 4. The first-order chi connectivity index (χ1) is 11.7. The first-order valence-electron chi connectivity index (χ1n) is 8.15. The zero-order valence-electron chi connectivity index (χ0n) is 14.1. The van der Waals surface area contributed by atoms with E-state index in [1.807, 2.05) is 24.8 Å². The third-order valence-corrected chi connectivity index (χ3v) is 4.57. The smallest absolute Gasteiger partial charge is 0.385 e. The zero-order valence-corrected chi connectivity index (χ0v) is 14.1. The molecule has 1 aromatic heterocycles. The number of benzene rings is 1. The third-order valence-electron chi connectivity index (χ3n) is 4.57. The van der Waals surface area contributed by atoms with Crippen molar-refractivity contribution in [3.63, 3.8) is 0 Å². The van der Waals surface area contributed by atoms with Crippen LogP contribution in [-0.4, -0.2) is 28.2 Å². The Kier molecular flexibility index (Phi) is 4.45. The van der Waals surface area contributed by atoms with Crippen LogP contribution >= 0.6 is 0 Å². The van der Waals surface area contributed by atoms with E-state index in [2.05, 4.69) is 9.97 Å². The van der Waals surface area contributed by atoms with Gasteiger partial charge in [-0.15, -0.1) is 0 Å². The van der Waals surface area contributed by atoms with Crippen molar-refractivity contribution in [3.05, 3.63) is 52.8 Å². The molecular weight excluding hydrogens is 331 g/mol. The summed E-state index contributed by atoms with van der Waals surface area (Å²) in [7, 11) is 0. The highest BCUT2D eigenvalue weighted by Gasteiger charge is 2.37. The molecule has 134 valence electrons. The predicted molar refractivity (Wildman–Crippen MR) is 88.3 cm³/mol. The van der Waals surface area contributed by atoms with Crippen LogP contribution in [0.2, 0.25) is 0 Å². The Bertz CT molecular complexity index is 748. The van der Waals surface area contributed by atoms with Gasteiger partial charge in [0.05, 0.1) is 11.2 Å². The summed E-state index contributed by atoms with van der Waals surface area (Å²) in [6, 6.07) is 6.84. The summed E-state index contributed by atoms with van der Waals surface area (Å²) in [5, 5.41) is 10.9. The minimum Gasteiger partial charge on any atom is -0.385 e. The number of aromatic nitrogens is 2. The molecule has 0 aliphatic carbocycles. The van der Waals surface area contributed by atoms with Crippen molar-refractivity contribution in [2.24, 2.45) is 0 Å². The number of aryl methyl sites for hydroxylation is 2. The van der Waals surface area contributed by atoms with Crippen LogP contribution in [-0.2, 0) is 11.8 Å². The van der Waals surface area contributed by atoms with Crippen molar-refractivity contribution < 1.29 is 18.3 Å². The quantitative estimate of drug-likeness (QED) is 0.898. The largest absolute Gasteiger partial charge is 0.416 e. The zero-order chi connectivity index (χ0) is 18.2. The van der Waals surface area contributed by atoms with E-state index in [0.717, 1.165) is 23.5 Å². The Morgan fingerprint density at radius 1 is 1.04 bits per heavy atom. The van der Waals surface area contributed by atoms with Gasteiger partial charge in [-0.2, -0.15) is 13.2 Å². The number of hydrogen-bond donors (Lipinski definition) is 1. The van der Waals surface area contributed by atoms with E-state index in [9.17, 15) is 18.3 Å². The van der Waals surface area contributed by atoms with E-state index in [4.69, 9.17) is 0 Å². The van der Waals surface area contributed by atoms with E-state index in [-0.39, 0.29) is 0 Å². The third kappa shape index (κ3) is 3.76. The van der Waals surface area contributed by atoms with Crippen LogP contribution in [0.4, 0.5) is 19.1 Å². The lowest BCUT2D eigenvalue weighted by atomic mass is 9.84. The van der Waals surface area contributed by atoms with Gasteiger partial charge >= 0.3 is 6.18 Å². The summed E-state index contributed by atoms with van der Waals surface area (Å²) < 4.78 is 38.7. The Labute approximate surface area is 144 Å². The fourth-order valence-corrected chi connectivity index (χ4v) is 3.20. The minimum absolute atomic E-state index is 0.309. The normalized spacial score (nSPS) is 17.6. The fourth-order valence-electron chi connectivity index (χ4n) is 3.20. The highest BCUT2D eigenvalue weighted by molar-refractivity contribution is 5.36. The van der Waals surface area contributed by atoms with Gasteiger partial charge in [-0.3, -0.25) is 0 Å². The molecule has 1 saturated heterocycles. The number of nitrogens with zero attached hydrogens (tertiary/aromatic N) is 3. The van der Waals surface area contributed by atoms with E-state index < -0.39 is 17.3 Å². The first kappa shape index (κ1) is 17.7. The number of halogens is 3. The number of rotatable bonds is 2. The van der Waals surface area contributed by atoms with Crippen LogP contribution in [0.15, 0.2) is 30.3 Å². The summed E-state index contributed by atoms with van der Waals surface area (Å²) in [6.45, 7) is 4.74. The Morgan fingerprint density at radius 3 is 2.20 bits per heavy atom. The highest BCUT2D eigenvalue weighted by atomic mass is 19.4. The second kappa shape index (κ2) is 6.29. The van der Waals surface area contributed by atoms with Gasteiger partial charge in [-0.1, -0.05) is 12.1 Å². The monoisotopic (exact) mass is 351 g/mol. The molecule has 0 spiro atoms. The average molecular weight is 351 g/mol. The molecule has 1 aliphatic heterocycles. The maximum absolute atomic E-state index is 12.9. The number of alkyl halides is 3. The topological polar surface area (TPSA) is 49.2 Å².